The summed E-state index contributed by atoms with van der Waals surface area (Å²) in [7, 11) is 0. The van der Waals surface area contributed by atoms with E-state index in [1.807, 2.05) is 24.3 Å². The molecule has 1 aromatic carbocycles. The van der Waals surface area contributed by atoms with Gasteiger partial charge >= 0.3 is 0 Å². The first kappa shape index (κ1) is 14.6. The zero-order valence-electron chi connectivity index (χ0n) is 11.4. The number of halogens is 1. The molecule has 0 saturated heterocycles. The largest absolute Gasteiger partial charge is 0.494 e. The van der Waals surface area contributed by atoms with E-state index in [1.165, 1.54) is 0 Å². The highest BCUT2D eigenvalue weighted by Gasteiger charge is 2.05. The van der Waals surface area contributed by atoms with Crippen molar-refractivity contribution in [2.45, 2.75) is 25.6 Å². The van der Waals surface area contributed by atoms with Gasteiger partial charge in [-0.2, -0.15) is 5.10 Å². The van der Waals surface area contributed by atoms with Gasteiger partial charge < -0.3 is 4.74 Å². The van der Waals surface area contributed by atoms with Crippen LogP contribution in [-0.2, 0) is 5.88 Å². The molecule has 4 nitrogen and oxygen atoms in total. The van der Waals surface area contributed by atoms with E-state index >= 15 is 0 Å². The molecular weight excluding hydrogens is 276 g/mol. The van der Waals surface area contributed by atoms with E-state index in [1.54, 1.807) is 6.07 Å². The number of benzene rings is 1. The van der Waals surface area contributed by atoms with E-state index in [4.69, 9.17) is 16.3 Å². The van der Waals surface area contributed by atoms with Gasteiger partial charge in [-0.3, -0.25) is 4.79 Å². The Morgan fingerprint density at radius 2 is 2.05 bits per heavy atom. The second kappa shape index (κ2) is 7.10. The van der Waals surface area contributed by atoms with Gasteiger partial charge in [0.05, 0.1) is 18.2 Å². The smallest absolute Gasteiger partial charge is 0.268 e. The van der Waals surface area contributed by atoms with E-state index in [9.17, 15) is 4.79 Å². The van der Waals surface area contributed by atoms with Gasteiger partial charge in [-0.15, -0.1) is 11.6 Å². The Morgan fingerprint density at radius 1 is 1.30 bits per heavy atom. The quantitative estimate of drug-likeness (QED) is 0.656. The normalized spacial score (nSPS) is 10.5. The lowest BCUT2D eigenvalue weighted by Gasteiger charge is -2.06. The average molecular weight is 293 g/mol. The molecule has 2 rings (SSSR count). The summed E-state index contributed by atoms with van der Waals surface area (Å²) in [5, 5.41) is 6.48. The predicted molar refractivity (Wildman–Crippen MR) is 80.3 cm³/mol. The maximum atomic E-state index is 11.4. The number of H-pyrrole nitrogens is 1. The number of hydrogen-bond donors (Lipinski definition) is 1. The van der Waals surface area contributed by atoms with Gasteiger partial charge in [-0.05, 0) is 36.8 Å². The van der Waals surface area contributed by atoms with Crippen LogP contribution in [0.2, 0.25) is 0 Å². The Balaban J connectivity index is 2.15. The summed E-state index contributed by atoms with van der Waals surface area (Å²) in [6.07, 6.45) is 2.16. The minimum atomic E-state index is -0.247. The Morgan fingerprint density at radius 3 is 2.70 bits per heavy atom. The maximum absolute atomic E-state index is 11.4. The van der Waals surface area contributed by atoms with Crippen LogP contribution in [-0.4, -0.2) is 16.8 Å². The van der Waals surface area contributed by atoms with Gasteiger partial charge in [-0.1, -0.05) is 13.3 Å². The number of hydrogen-bond acceptors (Lipinski definition) is 3. The molecule has 2 aromatic rings. The summed E-state index contributed by atoms with van der Waals surface area (Å²) in [6, 6.07) is 9.34. The molecule has 0 saturated carbocycles. The number of aromatic amines is 1. The molecule has 106 valence electrons. The molecule has 0 spiro atoms. The Bertz CT molecular complexity index is 608. The van der Waals surface area contributed by atoms with Crippen LogP contribution in [0.15, 0.2) is 35.1 Å². The van der Waals surface area contributed by atoms with E-state index in [2.05, 4.69) is 17.1 Å². The summed E-state index contributed by atoms with van der Waals surface area (Å²) < 4.78 is 5.60. The van der Waals surface area contributed by atoms with Crippen LogP contribution in [0.5, 0.6) is 5.75 Å². The highest BCUT2D eigenvalue weighted by atomic mass is 35.5. The Hall–Kier alpha value is -1.81. The molecular formula is C15H17ClN2O2. The van der Waals surface area contributed by atoms with Gasteiger partial charge in [0.15, 0.2) is 0 Å². The predicted octanol–water partition coefficient (Wildman–Crippen LogP) is 3.35. The number of rotatable bonds is 6. The van der Waals surface area contributed by atoms with E-state index in [-0.39, 0.29) is 11.4 Å². The van der Waals surface area contributed by atoms with Crippen molar-refractivity contribution in [2.24, 2.45) is 0 Å². The van der Waals surface area contributed by atoms with Crippen molar-refractivity contribution in [2.75, 3.05) is 6.61 Å². The van der Waals surface area contributed by atoms with Crippen LogP contribution in [0.25, 0.3) is 11.3 Å². The second-order valence-electron chi connectivity index (χ2n) is 4.47. The molecule has 5 heteroatoms. The number of aromatic nitrogens is 2. The summed E-state index contributed by atoms with van der Waals surface area (Å²) in [6.45, 7) is 2.85. The van der Waals surface area contributed by atoms with Gasteiger partial charge in [0.1, 0.15) is 5.75 Å². The molecule has 0 amide bonds. The van der Waals surface area contributed by atoms with Crippen molar-refractivity contribution in [3.63, 3.8) is 0 Å². The summed E-state index contributed by atoms with van der Waals surface area (Å²) >= 11 is 5.72. The van der Waals surface area contributed by atoms with Gasteiger partial charge in [0, 0.05) is 11.1 Å². The minimum Gasteiger partial charge on any atom is -0.494 e. The van der Waals surface area contributed by atoms with Gasteiger partial charge in [0.2, 0.25) is 0 Å². The molecule has 0 radical (unpaired) electrons. The highest BCUT2D eigenvalue weighted by Crippen LogP contribution is 2.20. The molecule has 0 bridgehead atoms. The van der Waals surface area contributed by atoms with Crippen molar-refractivity contribution < 1.29 is 4.74 Å². The fourth-order valence-corrected chi connectivity index (χ4v) is 1.95. The number of alkyl halides is 1. The zero-order chi connectivity index (χ0) is 14.4. The third kappa shape index (κ3) is 3.61. The summed E-state index contributed by atoms with van der Waals surface area (Å²) in [5.41, 5.74) is 1.87. The maximum Gasteiger partial charge on any atom is 0.268 e. The highest BCUT2D eigenvalue weighted by molar-refractivity contribution is 6.17. The molecule has 1 N–H and O–H groups in total. The van der Waals surface area contributed by atoms with Crippen LogP contribution >= 0.6 is 11.6 Å². The van der Waals surface area contributed by atoms with Crippen LogP contribution in [0.3, 0.4) is 0 Å². The van der Waals surface area contributed by atoms with Crippen LogP contribution in [0.1, 0.15) is 25.3 Å². The lowest BCUT2D eigenvalue weighted by atomic mass is 10.1. The standard InChI is InChI=1S/C15H17ClN2O2/c1-2-3-8-20-13-6-4-11(5-7-13)14-9-12(10-16)15(19)18-17-14/h4-7,9H,2-3,8,10H2,1H3,(H,18,19). The SMILES string of the molecule is CCCCOc1ccc(-c2cc(CCl)c(=O)[nH]n2)cc1. The monoisotopic (exact) mass is 292 g/mol. The Kier molecular flexibility index (Phi) is 5.18. The average Bonchev–Trinajstić information content (AvgIpc) is 2.49. The molecule has 0 unspecified atom stereocenters. The fourth-order valence-electron chi connectivity index (χ4n) is 1.75. The van der Waals surface area contributed by atoms with E-state index in [0.29, 0.717) is 11.3 Å². The van der Waals surface area contributed by atoms with Gasteiger partial charge in [0.25, 0.3) is 5.56 Å². The summed E-state index contributed by atoms with van der Waals surface area (Å²) in [4.78, 5) is 11.4. The number of nitrogens with zero attached hydrogens (tertiary/aromatic N) is 1. The first-order valence-corrected chi connectivity index (χ1v) is 7.16. The van der Waals surface area contributed by atoms with Crippen molar-refractivity contribution in [1.82, 2.24) is 10.2 Å². The lowest BCUT2D eigenvalue weighted by molar-refractivity contribution is 0.309. The third-order valence-electron chi connectivity index (χ3n) is 2.94. The first-order valence-electron chi connectivity index (χ1n) is 6.62. The van der Waals surface area contributed by atoms with Crippen LogP contribution < -0.4 is 10.3 Å². The molecule has 20 heavy (non-hydrogen) atoms. The second-order valence-corrected chi connectivity index (χ2v) is 4.73. The number of unbranched alkanes of at least 4 members (excludes halogenated alkanes) is 1. The molecule has 0 aliphatic carbocycles. The molecule has 0 fully saturated rings. The first-order chi connectivity index (χ1) is 9.74. The van der Waals surface area contributed by atoms with E-state index in [0.717, 1.165) is 30.8 Å². The van der Waals surface area contributed by atoms with Crippen molar-refractivity contribution in [3.05, 3.63) is 46.2 Å². The fraction of sp³-hybridized carbons (Fsp3) is 0.333. The van der Waals surface area contributed by atoms with E-state index < -0.39 is 0 Å². The zero-order valence-corrected chi connectivity index (χ0v) is 12.1. The number of ether oxygens (including phenoxy) is 1. The molecule has 1 aromatic heterocycles. The van der Waals surface area contributed by atoms with Crippen LogP contribution in [0.4, 0.5) is 0 Å². The third-order valence-corrected chi connectivity index (χ3v) is 3.23. The lowest BCUT2D eigenvalue weighted by Crippen LogP contribution is -2.13. The topological polar surface area (TPSA) is 55.0 Å². The van der Waals surface area contributed by atoms with Crippen LogP contribution in [0, 0.1) is 0 Å². The van der Waals surface area contributed by atoms with Crippen molar-refractivity contribution >= 4 is 11.6 Å². The molecule has 1 heterocycles. The van der Waals surface area contributed by atoms with Crippen molar-refractivity contribution in [1.29, 1.82) is 0 Å². The van der Waals surface area contributed by atoms with Gasteiger partial charge in [-0.25, -0.2) is 5.10 Å². The molecule has 0 aliphatic rings. The van der Waals surface area contributed by atoms with Crippen molar-refractivity contribution in [3.8, 4) is 17.0 Å². The summed E-state index contributed by atoms with van der Waals surface area (Å²) in [5.74, 6) is 1.01. The Labute approximate surface area is 122 Å². The minimum absolute atomic E-state index is 0.170. The molecule has 0 aliphatic heterocycles. The number of nitrogens with one attached hydrogen (secondary N) is 1. The molecule has 0 atom stereocenters.